The van der Waals surface area contributed by atoms with Crippen molar-refractivity contribution >= 4 is 11.9 Å². The zero-order valence-corrected chi connectivity index (χ0v) is 16.1. The van der Waals surface area contributed by atoms with Crippen LogP contribution >= 0.6 is 0 Å². The van der Waals surface area contributed by atoms with E-state index in [1.165, 1.54) is 16.0 Å². The summed E-state index contributed by atoms with van der Waals surface area (Å²) in [6.45, 7) is 3.38. The first kappa shape index (κ1) is 18.4. The van der Waals surface area contributed by atoms with Gasteiger partial charge in [-0.05, 0) is 43.9 Å². The standard InChI is InChI=1S/C21H29N3O3/c1-22-10-11-24(18-12-16-4-2-3-5-17(16)13-18)15-21(22)7-6-19(25)23(9-8-21)14-20(26)27/h2-5,18H,6-15H2,1H3,(H,26,27)/t21-/m1/s1. The average molecular weight is 371 g/mol. The van der Waals surface area contributed by atoms with Crippen LogP contribution in [0.15, 0.2) is 24.3 Å². The first-order valence-electron chi connectivity index (χ1n) is 9.98. The van der Waals surface area contributed by atoms with Crippen LogP contribution in [-0.4, -0.2) is 83.0 Å². The van der Waals surface area contributed by atoms with Crippen molar-refractivity contribution < 1.29 is 14.7 Å². The molecular formula is C21H29N3O3. The summed E-state index contributed by atoms with van der Waals surface area (Å²) < 4.78 is 0. The largest absolute Gasteiger partial charge is 0.480 e. The summed E-state index contributed by atoms with van der Waals surface area (Å²) in [7, 11) is 2.16. The number of hydrogen-bond donors (Lipinski definition) is 1. The third kappa shape index (κ3) is 3.60. The van der Waals surface area contributed by atoms with E-state index in [0.717, 1.165) is 45.3 Å². The maximum absolute atomic E-state index is 12.4. The molecule has 1 spiro atoms. The van der Waals surface area contributed by atoms with Gasteiger partial charge in [-0.25, -0.2) is 0 Å². The van der Waals surface area contributed by atoms with E-state index in [-0.39, 0.29) is 18.0 Å². The van der Waals surface area contributed by atoms with E-state index < -0.39 is 5.97 Å². The number of amides is 1. The average Bonchev–Trinajstić information content (AvgIpc) is 3.02. The SMILES string of the molecule is CN1CCN(C2Cc3ccccc3C2)C[C@]12CCC(=O)N(CC(=O)O)CC2. The predicted octanol–water partition coefficient (Wildman–Crippen LogP) is 1.24. The second-order valence-corrected chi connectivity index (χ2v) is 8.41. The van der Waals surface area contributed by atoms with Crippen LogP contribution in [0.2, 0.25) is 0 Å². The Morgan fingerprint density at radius 2 is 1.85 bits per heavy atom. The van der Waals surface area contributed by atoms with Crippen molar-refractivity contribution in [2.45, 2.75) is 43.7 Å². The van der Waals surface area contributed by atoms with E-state index in [1.54, 1.807) is 0 Å². The minimum Gasteiger partial charge on any atom is -0.480 e. The molecule has 0 saturated carbocycles. The zero-order valence-electron chi connectivity index (χ0n) is 16.1. The summed E-state index contributed by atoms with van der Waals surface area (Å²) in [5.41, 5.74) is 2.91. The van der Waals surface area contributed by atoms with Crippen molar-refractivity contribution in [1.29, 1.82) is 0 Å². The van der Waals surface area contributed by atoms with Crippen molar-refractivity contribution in [1.82, 2.24) is 14.7 Å². The minimum atomic E-state index is -0.929. The number of hydrogen-bond acceptors (Lipinski definition) is 4. The summed E-state index contributed by atoms with van der Waals surface area (Å²) in [6, 6.07) is 9.29. The van der Waals surface area contributed by atoms with Crippen LogP contribution in [0.1, 0.15) is 30.4 Å². The van der Waals surface area contributed by atoms with Gasteiger partial charge in [0.2, 0.25) is 5.91 Å². The zero-order chi connectivity index (χ0) is 19.0. The topological polar surface area (TPSA) is 64.1 Å². The molecule has 3 aliphatic rings. The van der Waals surface area contributed by atoms with Gasteiger partial charge in [0, 0.05) is 44.2 Å². The van der Waals surface area contributed by atoms with Crippen molar-refractivity contribution in [2.75, 3.05) is 39.8 Å². The van der Waals surface area contributed by atoms with Gasteiger partial charge in [0.25, 0.3) is 0 Å². The molecule has 1 aliphatic carbocycles. The lowest BCUT2D eigenvalue weighted by molar-refractivity contribution is -0.144. The van der Waals surface area contributed by atoms with Crippen molar-refractivity contribution in [3.63, 3.8) is 0 Å². The highest BCUT2D eigenvalue weighted by Gasteiger charge is 2.44. The fourth-order valence-corrected chi connectivity index (χ4v) is 5.16. The fraction of sp³-hybridized carbons (Fsp3) is 0.619. The summed E-state index contributed by atoms with van der Waals surface area (Å²) in [5, 5.41) is 9.09. The lowest BCUT2D eigenvalue weighted by atomic mass is 9.85. The Bertz CT molecular complexity index is 712. The normalized spacial score (nSPS) is 27.7. The van der Waals surface area contributed by atoms with Gasteiger partial charge >= 0.3 is 5.97 Å². The van der Waals surface area contributed by atoms with Gasteiger partial charge in [-0.2, -0.15) is 0 Å². The number of fused-ring (bicyclic) bond motifs is 1. The smallest absolute Gasteiger partial charge is 0.323 e. The van der Waals surface area contributed by atoms with Gasteiger partial charge in [-0.1, -0.05) is 24.3 Å². The van der Waals surface area contributed by atoms with Crippen LogP contribution in [0.5, 0.6) is 0 Å². The van der Waals surface area contributed by atoms with E-state index >= 15 is 0 Å². The van der Waals surface area contributed by atoms with Gasteiger partial charge in [0.1, 0.15) is 6.54 Å². The number of likely N-dealkylation sites (N-methyl/N-ethyl adjacent to an activating group) is 1. The molecule has 2 fully saturated rings. The first-order chi connectivity index (χ1) is 13.0. The fourth-order valence-electron chi connectivity index (χ4n) is 5.16. The molecule has 1 N–H and O–H groups in total. The van der Waals surface area contributed by atoms with Crippen LogP contribution in [0.4, 0.5) is 0 Å². The molecule has 1 aromatic carbocycles. The lowest BCUT2D eigenvalue weighted by Gasteiger charge is -2.51. The number of benzene rings is 1. The molecular weight excluding hydrogens is 342 g/mol. The molecule has 6 nitrogen and oxygen atoms in total. The second kappa shape index (κ2) is 7.24. The van der Waals surface area contributed by atoms with Crippen LogP contribution < -0.4 is 0 Å². The molecule has 1 aromatic rings. The highest BCUT2D eigenvalue weighted by Crippen LogP contribution is 2.35. The summed E-state index contributed by atoms with van der Waals surface area (Å²) in [4.78, 5) is 30.0. The first-order valence-corrected chi connectivity index (χ1v) is 9.98. The monoisotopic (exact) mass is 371 g/mol. The van der Waals surface area contributed by atoms with Gasteiger partial charge in [0.05, 0.1) is 0 Å². The van der Waals surface area contributed by atoms with Crippen LogP contribution in [0, 0.1) is 0 Å². The molecule has 0 aromatic heterocycles. The number of piperazine rings is 1. The Balaban J connectivity index is 1.48. The second-order valence-electron chi connectivity index (χ2n) is 8.41. The van der Waals surface area contributed by atoms with Crippen molar-refractivity contribution in [3.05, 3.63) is 35.4 Å². The van der Waals surface area contributed by atoms with E-state index in [1.807, 2.05) is 0 Å². The number of carbonyl (C=O) groups excluding carboxylic acids is 1. The van der Waals surface area contributed by atoms with Crippen LogP contribution in [0.25, 0.3) is 0 Å². The number of aliphatic carboxylic acids is 1. The molecule has 0 unspecified atom stereocenters. The van der Waals surface area contributed by atoms with E-state index in [0.29, 0.717) is 19.0 Å². The number of nitrogens with zero attached hydrogens (tertiary/aromatic N) is 3. The lowest BCUT2D eigenvalue weighted by Crippen LogP contribution is -2.63. The van der Waals surface area contributed by atoms with Gasteiger partial charge in [0.15, 0.2) is 0 Å². The highest BCUT2D eigenvalue weighted by molar-refractivity contribution is 5.81. The minimum absolute atomic E-state index is 0.0203. The Morgan fingerprint density at radius 3 is 2.52 bits per heavy atom. The summed E-state index contributed by atoms with van der Waals surface area (Å²) in [6.07, 6.45) is 4.32. The van der Waals surface area contributed by atoms with Gasteiger partial charge in [-0.15, -0.1) is 0 Å². The third-order valence-corrected chi connectivity index (χ3v) is 6.91. The quantitative estimate of drug-likeness (QED) is 0.866. The molecule has 146 valence electrons. The molecule has 27 heavy (non-hydrogen) atoms. The number of carbonyl (C=O) groups is 2. The summed E-state index contributed by atoms with van der Waals surface area (Å²) >= 11 is 0. The molecule has 2 heterocycles. The molecule has 6 heteroatoms. The Kier molecular flexibility index (Phi) is 4.95. The van der Waals surface area contributed by atoms with E-state index in [2.05, 4.69) is 41.1 Å². The van der Waals surface area contributed by atoms with E-state index in [9.17, 15) is 9.59 Å². The Morgan fingerprint density at radius 1 is 1.15 bits per heavy atom. The van der Waals surface area contributed by atoms with Crippen molar-refractivity contribution in [2.24, 2.45) is 0 Å². The third-order valence-electron chi connectivity index (χ3n) is 6.91. The van der Waals surface area contributed by atoms with Gasteiger partial charge in [-0.3, -0.25) is 19.4 Å². The predicted molar refractivity (Wildman–Crippen MR) is 103 cm³/mol. The number of likely N-dealkylation sites (tertiary alicyclic amines) is 1. The highest BCUT2D eigenvalue weighted by atomic mass is 16.4. The van der Waals surface area contributed by atoms with Crippen LogP contribution in [-0.2, 0) is 22.4 Å². The van der Waals surface area contributed by atoms with Crippen LogP contribution in [0.3, 0.4) is 0 Å². The molecule has 2 saturated heterocycles. The maximum atomic E-state index is 12.4. The van der Waals surface area contributed by atoms with E-state index in [4.69, 9.17) is 5.11 Å². The van der Waals surface area contributed by atoms with Crippen molar-refractivity contribution in [3.8, 4) is 0 Å². The number of rotatable bonds is 3. The number of carboxylic acid groups (broad SMARTS) is 1. The molecule has 2 aliphatic heterocycles. The summed E-state index contributed by atoms with van der Waals surface area (Å²) in [5.74, 6) is -0.949. The van der Waals surface area contributed by atoms with Gasteiger partial charge < -0.3 is 10.0 Å². The number of carboxylic acids is 1. The molecule has 0 radical (unpaired) electrons. The molecule has 1 amide bonds. The molecule has 4 rings (SSSR count). The Labute approximate surface area is 160 Å². The molecule has 1 atom stereocenters. The maximum Gasteiger partial charge on any atom is 0.323 e. The Hall–Kier alpha value is -1.92. The molecule has 0 bridgehead atoms.